The van der Waals surface area contributed by atoms with Crippen LogP contribution in [-0.4, -0.2) is 39.8 Å². The Morgan fingerprint density at radius 2 is 1.76 bits per heavy atom. The predicted octanol–water partition coefficient (Wildman–Crippen LogP) is 2.99. The zero-order chi connectivity index (χ0) is 20.2. The number of anilines is 1. The van der Waals surface area contributed by atoms with Gasteiger partial charge in [-0.05, 0) is 45.0 Å². The van der Waals surface area contributed by atoms with Crippen molar-refractivity contribution in [2.75, 3.05) is 18.4 Å². The van der Waals surface area contributed by atoms with Crippen molar-refractivity contribution in [2.45, 2.75) is 25.8 Å². The highest BCUT2D eigenvalue weighted by Crippen LogP contribution is 2.21. The number of piperidine rings is 1. The average Bonchev–Trinajstić information content (AvgIpc) is 3.16. The number of nitrogens with zero attached hydrogens (tertiary/aromatic N) is 3. The van der Waals surface area contributed by atoms with Gasteiger partial charge in [-0.15, -0.1) is 5.10 Å². The molecule has 0 atom stereocenters. The second kappa shape index (κ2) is 8.36. The third kappa shape index (κ3) is 4.09. The van der Waals surface area contributed by atoms with Crippen molar-refractivity contribution in [2.24, 2.45) is 0 Å². The van der Waals surface area contributed by atoms with E-state index in [1.807, 2.05) is 29.8 Å². The Balaban J connectivity index is 1.50. The molecule has 1 aromatic heterocycles. The fourth-order valence-electron chi connectivity index (χ4n) is 3.63. The normalized spacial score (nSPS) is 14.5. The quantitative estimate of drug-likeness (QED) is 0.655. The summed E-state index contributed by atoms with van der Waals surface area (Å²) >= 11 is 0. The molecule has 1 fully saturated rings. The monoisotopic (exact) mass is 389 g/mol. The summed E-state index contributed by atoms with van der Waals surface area (Å²) in [5.41, 5.74) is 2.74. The maximum absolute atomic E-state index is 12.8. The lowest BCUT2D eigenvalue weighted by molar-refractivity contribution is 0.101. The van der Waals surface area contributed by atoms with E-state index in [1.54, 1.807) is 36.4 Å². The van der Waals surface area contributed by atoms with Crippen LogP contribution in [0.4, 0.5) is 5.69 Å². The van der Waals surface area contributed by atoms with Gasteiger partial charge in [-0.1, -0.05) is 47.7 Å². The number of carbonyl (C=O) groups is 2. The highest BCUT2D eigenvalue weighted by molar-refractivity contribution is 6.10. The van der Waals surface area contributed by atoms with Gasteiger partial charge in [0.2, 0.25) is 0 Å². The molecule has 7 heteroatoms. The van der Waals surface area contributed by atoms with Crippen LogP contribution in [0.25, 0.3) is 0 Å². The Labute approximate surface area is 169 Å². The number of ketones is 1. The van der Waals surface area contributed by atoms with Crippen molar-refractivity contribution < 1.29 is 9.59 Å². The van der Waals surface area contributed by atoms with Crippen molar-refractivity contribution in [3.8, 4) is 0 Å². The minimum atomic E-state index is -0.327. The first-order valence-corrected chi connectivity index (χ1v) is 9.77. The summed E-state index contributed by atoms with van der Waals surface area (Å²) in [5.74, 6) is -0.415. The van der Waals surface area contributed by atoms with E-state index in [0.717, 1.165) is 31.6 Å². The zero-order valence-electron chi connectivity index (χ0n) is 16.3. The number of nitrogens with one attached hydrogen (secondary N) is 2. The molecule has 0 unspecified atom stereocenters. The van der Waals surface area contributed by atoms with Crippen LogP contribution in [0, 0.1) is 6.92 Å². The Hall–Kier alpha value is -3.32. The summed E-state index contributed by atoms with van der Waals surface area (Å²) in [4.78, 5) is 25.4. The van der Waals surface area contributed by atoms with Crippen molar-refractivity contribution in [1.82, 2.24) is 20.3 Å². The fraction of sp³-hybridized carbons (Fsp3) is 0.273. The van der Waals surface area contributed by atoms with Crippen molar-refractivity contribution >= 4 is 17.4 Å². The summed E-state index contributed by atoms with van der Waals surface area (Å²) < 4.78 is 1.85. The van der Waals surface area contributed by atoms with Gasteiger partial charge in [0.25, 0.3) is 5.91 Å². The van der Waals surface area contributed by atoms with Gasteiger partial charge >= 0.3 is 0 Å². The number of carbonyl (C=O) groups excluding carboxylic acids is 2. The zero-order valence-corrected chi connectivity index (χ0v) is 16.3. The summed E-state index contributed by atoms with van der Waals surface area (Å²) in [6.07, 6.45) is 1.93. The second-order valence-electron chi connectivity index (χ2n) is 7.18. The Morgan fingerprint density at radius 3 is 2.52 bits per heavy atom. The number of hydrogen-bond donors (Lipinski definition) is 2. The van der Waals surface area contributed by atoms with Gasteiger partial charge in [-0.3, -0.25) is 9.59 Å². The molecule has 1 aliphatic heterocycles. The molecule has 0 spiro atoms. The molecule has 0 bridgehead atoms. The number of amides is 1. The molecule has 7 nitrogen and oxygen atoms in total. The largest absolute Gasteiger partial charge is 0.321 e. The summed E-state index contributed by atoms with van der Waals surface area (Å²) in [7, 11) is 0. The Morgan fingerprint density at radius 1 is 1.03 bits per heavy atom. The van der Waals surface area contributed by atoms with Gasteiger partial charge in [0.05, 0.1) is 11.7 Å². The fourth-order valence-corrected chi connectivity index (χ4v) is 3.63. The number of benzene rings is 2. The van der Waals surface area contributed by atoms with E-state index in [0.29, 0.717) is 22.5 Å². The smallest absolute Gasteiger partial charge is 0.278 e. The molecule has 4 rings (SSSR count). The first-order chi connectivity index (χ1) is 14.1. The van der Waals surface area contributed by atoms with E-state index in [-0.39, 0.29) is 17.7 Å². The molecule has 2 aromatic carbocycles. The molecular weight excluding hydrogens is 366 g/mol. The summed E-state index contributed by atoms with van der Waals surface area (Å²) in [6, 6.07) is 16.3. The van der Waals surface area contributed by atoms with E-state index in [9.17, 15) is 9.59 Å². The lowest BCUT2D eigenvalue weighted by Crippen LogP contribution is -2.30. The molecule has 1 saturated heterocycles. The van der Waals surface area contributed by atoms with E-state index < -0.39 is 0 Å². The molecule has 3 aromatic rings. The molecule has 148 valence electrons. The van der Waals surface area contributed by atoms with Crippen molar-refractivity contribution in [3.63, 3.8) is 0 Å². The molecule has 0 radical (unpaired) electrons. The Bertz CT molecular complexity index is 1020. The topological polar surface area (TPSA) is 88.9 Å². The van der Waals surface area contributed by atoms with Gasteiger partial charge in [0.15, 0.2) is 11.5 Å². The van der Waals surface area contributed by atoms with Gasteiger partial charge in [0, 0.05) is 16.8 Å². The predicted molar refractivity (Wildman–Crippen MR) is 110 cm³/mol. The van der Waals surface area contributed by atoms with Crippen LogP contribution in [0.1, 0.15) is 51.0 Å². The minimum Gasteiger partial charge on any atom is -0.321 e. The first kappa shape index (κ1) is 19.0. The van der Waals surface area contributed by atoms with Crippen molar-refractivity contribution in [1.29, 1.82) is 0 Å². The maximum Gasteiger partial charge on any atom is 0.278 e. The molecule has 1 aliphatic rings. The highest BCUT2D eigenvalue weighted by atomic mass is 16.2. The highest BCUT2D eigenvalue weighted by Gasteiger charge is 2.23. The summed E-state index contributed by atoms with van der Waals surface area (Å²) in [6.45, 7) is 3.74. The van der Waals surface area contributed by atoms with Gasteiger partial charge < -0.3 is 10.6 Å². The van der Waals surface area contributed by atoms with Crippen molar-refractivity contribution in [3.05, 3.63) is 77.1 Å². The summed E-state index contributed by atoms with van der Waals surface area (Å²) in [5, 5.41) is 14.5. The standard InChI is InChI=1S/C22H23N5O2/c1-15-20(25-26-27(15)19-10-12-23-13-11-19)22(29)24-18-9-5-8-17(14-18)21(28)16-6-3-2-4-7-16/h2-9,14,19,23H,10-13H2,1H3,(H,24,29). The molecule has 29 heavy (non-hydrogen) atoms. The van der Waals surface area contributed by atoms with Gasteiger partial charge in [0.1, 0.15) is 0 Å². The van der Waals surface area contributed by atoms with Crippen LogP contribution in [0.15, 0.2) is 54.6 Å². The third-order valence-corrected chi connectivity index (χ3v) is 5.22. The Kier molecular flexibility index (Phi) is 5.48. The van der Waals surface area contributed by atoms with E-state index >= 15 is 0 Å². The van der Waals surface area contributed by atoms with E-state index in [2.05, 4.69) is 20.9 Å². The SMILES string of the molecule is Cc1c(C(=O)Nc2cccc(C(=O)c3ccccc3)c2)nnn1C1CCNCC1. The second-order valence-corrected chi connectivity index (χ2v) is 7.18. The van der Waals surface area contributed by atoms with Gasteiger partial charge in [-0.2, -0.15) is 0 Å². The van der Waals surface area contributed by atoms with Crippen LogP contribution in [0.2, 0.25) is 0 Å². The average molecular weight is 389 g/mol. The lowest BCUT2D eigenvalue weighted by Gasteiger charge is -2.23. The molecule has 1 amide bonds. The van der Waals surface area contributed by atoms with Crippen LogP contribution < -0.4 is 10.6 Å². The van der Waals surface area contributed by atoms with Crippen LogP contribution in [0.5, 0.6) is 0 Å². The molecular formula is C22H23N5O2. The number of aromatic nitrogens is 3. The minimum absolute atomic E-state index is 0.0882. The van der Waals surface area contributed by atoms with Crippen LogP contribution >= 0.6 is 0 Å². The number of rotatable bonds is 5. The number of hydrogen-bond acceptors (Lipinski definition) is 5. The molecule has 2 N–H and O–H groups in total. The van der Waals surface area contributed by atoms with E-state index in [1.165, 1.54) is 0 Å². The lowest BCUT2D eigenvalue weighted by atomic mass is 10.0. The molecule has 2 heterocycles. The maximum atomic E-state index is 12.8. The first-order valence-electron chi connectivity index (χ1n) is 9.77. The van der Waals surface area contributed by atoms with Crippen LogP contribution in [0.3, 0.4) is 0 Å². The van der Waals surface area contributed by atoms with E-state index in [4.69, 9.17) is 0 Å². The van der Waals surface area contributed by atoms with Gasteiger partial charge in [-0.25, -0.2) is 4.68 Å². The molecule has 0 aliphatic carbocycles. The third-order valence-electron chi connectivity index (χ3n) is 5.22. The molecule has 0 saturated carbocycles. The van der Waals surface area contributed by atoms with Crippen LogP contribution in [-0.2, 0) is 0 Å².